The minimum absolute atomic E-state index is 0.108. The normalized spacial score (nSPS) is 10.0. The average molecular weight is 128 g/mol. The molecule has 1 aromatic heterocycles. The Balaban J connectivity index is 3.01. The molecule has 50 valence electrons. The van der Waals surface area contributed by atoms with Gasteiger partial charge in [-0.1, -0.05) is 0 Å². The average Bonchev–Trinajstić information content (AvgIpc) is 2.10. The number of nitrogens with zero attached hydrogens (tertiary/aromatic N) is 1. The number of rotatable bonds is 1. The molecule has 0 radical (unpaired) electrons. The third-order valence-electron chi connectivity index (χ3n) is 1.06. The molecular formula is C5H8N2O2. The van der Waals surface area contributed by atoms with Gasteiger partial charge in [0.1, 0.15) is 11.5 Å². The van der Waals surface area contributed by atoms with E-state index in [9.17, 15) is 0 Å². The van der Waals surface area contributed by atoms with E-state index in [1.807, 2.05) is 0 Å². The summed E-state index contributed by atoms with van der Waals surface area (Å²) in [6.45, 7) is 1.58. The third-order valence-corrected chi connectivity index (χ3v) is 1.06. The largest absolute Gasteiger partial charge is 0.429 e. The Labute approximate surface area is 52.3 Å². The maximum absolute atomic E-state index is 8.55. The topological polar surface area (TPSA) is 72.3 Å². The van der Waals surface area contributed by atoms with Crippen LogP contribution in [-0.4, -0.2) is 10.1 Å². The van der Waals surface area contributed by atoms with E-state index in [4.69, 9.17) is 15.3 Å². The second-order valence-corrected chi connectivity index (χ2v) is 1.71. The first kappa shape index (κ1) is 6.10. The number of hydrogen-bond acceptors (Lipinski definition) is 4. The SMILES string of the molecule is Cc1oc(N)nc1CO. The highest BCUT2D eigenvalue weighted by atomic mass is 16.4. The monoisotopic (exact) mass is 128 g/mol. The van der Waals surface area contributed by atoms with Crippen molar-refractivity contribution in [3.63, 3.8) is 0 Å². The number of aliphatic hydroxyl groups excluding tert-OH is 1. The van der Waals surface area contributed by atoms with Crippen LogP contribution >= 0.6 is 0 Å². The highest BCUT2D eigenvalue weighted by molar-refractivity contribution is 5.17. The van der Waals surface area contributed by atoms with E-state index < -0.39 is 0 Å². The molecule has 0 aromatic carbocycles. The molecule has 0 aliphatic carbocycles. The van der Waals surface area contributed by atoms with Crippen LogP contribution < -0.4 is 5.73 Å². The Morgan fingerprint density at radius 1 is 1.78 bits per heavy atom. The van der Waals surface area contributed by atoms with E-state index in [2.05, 4.69) is 4.98 Å². The minimum atomic E-state index is -0.119. The van der Waals surface area contributed by atoms with Crippen LogP contribution in [0.15, 0.2) is 4.42 Å². The van der Waals surface area contributed by atoms with Gasteiger partial charge in [-0.15, -0.1) is 0 Å². The van der Waals surface area contributed by atoms with Gasteiger partial charge in [-0.3, -0.25) is 0 Å². The summed E-state index contributed by atoms with van der Waals surface area (Å²) >= 11 is 0. The predicted octanol–water partition coefficient (Wildman–Crippen LogP) is 0.0575. The third kappa shape index (κ3) is 1.02. The van der Waals surface area contributed by atoms with Gasteiger partial charge in [-0.05, 0) is 6.92 Å². The van der Waals surface area contributed by atoms with Crippen LogP contribution in [0, 0.1) is 6.92 Å². The second kappa shape index (κ2) is 2.06. The lowest BCUT2D eigenvalue weighted by Gasteiger charge is -1.83. The molecule has 0 amide bonds. The van der Waals surface area contributed by atoms with Crippen LogP contribution in [0.3, 0.4) is 0 Å². The molecule has 0 aliphatic rings. The second-order valence-electron chi connectivity index (χ2n) is 1.71. The number of aliphatic hydroxyl groups is 1. The Kier molecular flexibility index (Phi) is 1.40. The van der Waals surface area contributed by atoms with Crippen molar-refractivity contribution in [1.82, 2.24) is 4.98 Å². The number of aryl methyl sites for hydroxylation is 1. The summed E-state index contributed by atoms with van der Waals surface area (Å²) in [5.74, 6) is 0.579. The van der Waals surface area contributed by atoms with Crippen molar-refractivity contribution in [3.8, 4) is 0 Å². The quantitative estimate of drug-likeness (QED) is 0.560. The lowest BCUT2D eigenvalue weighted by molar-refractivity contribution is 0.275. The van der Waals surface area contributed by atoms with Crippen LogP contribution in [0.4, 0.5) is 6.01 Å². The smallest absolute Gasteiger partial charge is 0.292 e. The van der Waals surface area contributed by atoms with E-state index in [-0.39, 0.29) is 12.6 Å². The van der Waals surface area contributed by atoms with Crippen LogP contribution in [0.25, 0.3) is 0 Å². The predicted molar refractivity (Wildman–Crippen MR) is 31.6 cm³/mol. The number of nitrogens with two attached hydrogens (primary N) is 1. The maximum Gasteiger partial charge on any atom is 0.292 e. The van der Waals surface area contributed by atoms with Gasteiger partial charge in [-0.2, -0.15) is 4.98 Å². The van der Waals surface area contributed by atoms with Crippen LogP contribution in [0.1, 0.15) is 11.5 Å². The first-order valence-electron chi connectivity index (χ1n) is 2.56. The molecule has 3 N–H and O–H groups in total. The molecule has 4 heteroatoms. The molecule has 0 atom stereocenters. The molecular weight excluding hydrogens is 120 g/mol. The fourth-order valence-corrected chi connectivity index (χ4v) is 0.597. The molecule has 0 spiro atoms. The summed E-state index contributed by atoms with van der Waals surface area (Å²) in [6.07, 6.45) is 0. The number of aromatic nitrogens is 1. The fraction of sp³-hybridized carbons (Fsp3) is 0.400. The summed E-state index contributed by atoms with van der Waals surface area (Å²) in [5, 5.41) is 8.55. The lowest BCUT2D eigenvalue weighted by atomic mass is 10.4. The van der Waals surface area contributed by atoms with Crippen molar-refractivity contribution >= 4 is 6.01 Å². The van der Waals surface area contributed by atoms with Crippen molar-refractivity contribution in [2.75, 3.05) is 5.73 Å². The van der Waals surface area contributed by atoms with Gasteiger partial charge in [0, 0.05) is 0 Å². The van der Waals surface area contributed by atoms with Crippen LogP contribution in [-0.2, 0) is 6.61 Å². The number of oxazole rings is 1. The lowest BCUT2D eigenvalue weighted by Crippen LogP contribution is -1.86. The zero-order chi connectivity index (χ0) is 6.85. The summed E-state index contributed by atoms with van der Waals surface area (Å²) in [4.78, 5) is 3.69. The first-order chi connectivity index (χ1) is 4.24. The molecule has 0 saturated heterocycles. The van der Waals surface area contributed by atoms with E-state index in [0.717, 1.165) is 0 Å². The van der Waals surface area contributed by atoms with Crippen molar-refractivity contribution in [1.29, 1.82) is 0 Å². The fourth-order valence-electron chi connectivity index (χ4n) is 0.597. The number of hydrogen-bond donors (Lipinski definition) is 2. The number of anilines is 1. The maximum atomic E-state index is 8.55. The molecule has 9 heavy (non-hydrogen) atoms. The van der Waals surface area contributed by atoms with Gasteiger partial charge in [0.15, 0.2) is 0 Å². The van der Waals surface area contributed by atoms with Gasteiger partial charge < -0.3 is 15.3 Å². The summed E-state index contributed by atoms with van der Waals surface area (Å²) in [6, 6.07) is 0.108. The van der Waals surface area contributed by atoms with E-state index in [1.165, 1.54) is 0 Å². The van der Waals surface area contributed by atoms with Crippen molar-refractivity contribution in [3.05, 3.63) is 11.5 Å². The van der Waals surface area contributed by atoms with Gasteiger partial charge in [0.25, 0.3) is 6.01 Å². The molecule has 0 saturated carbocycles. The molecule has 0 aliphatic heterocycles. The molecule has 1 aromatic rings. The highest BCUT2D eigenvalue weighted by Gasteiger charge is 2.03. The van der Waals surface area contributed by atoms with E-state index >= 15 is 0 Å². The highest BCUT2D eigenvalue weighted by Crippen LogP contribution is 2.09. The Morgan fingerprint density at radius 2 is 2.44 bits per heavy atom. The zero-order valence-corrected chi connectivity index (χ0v) is 5.09. The van der Waals surface area contributed by atoms with Gasteiger partial charge in [-0.25, -0.2) is 0 Å². The minimum Gasteiger partial charge on any atom is -0.429 e. The van der Waals surface area contributed by atoms with Crippen molar-refractivity contribution < 1.29 is 9.52 Å². The van der Waals surface area contributed by atoms with Crippen molar-refractivity contribution in [2.45, 2.75) is 13.5 Å². The molecule has 4 nitrogen and oxygen atoms in total. The van der Waals surface area contributed by atoms with Gasteiger partial charge >= 0.3 is 0 Å². The molecule has 0 unspecified atom stereocenters. The Hall–Kier alpha value is -1.03. The zero-order valence-electron chi connectivity index (χ0n) is 5.09. The molecule has 1 heterocycles. The van der Waals surface area contributed by atoms with E-state index in [0.29, 0.717) is 11.5 Å². The number of nitrogen functional groups attached to an aromatic ring is 1. The Bertz CT molecular complexity index is 207. The molecule has 0 fully saturated rings. The molecule has 0 bridgehead atoms. The van der Waals surface area contributed by atoms with Crippen LogP contribution in [0.5, 0.6) is 0 Å². The van der Waals surface area contributed by atoms with E-state index in [1.54, 1.807) is 6.92 Å². The Morgan fingerprint density at radius 3 is 2.67 bits per heavy atom. The van der Waals surface area contributed by atoms with Gasteiger partial charge in [0.05, 0.1) is 6.61 Å². The standard InChI is InChI=1S/C5H8N2O2/c1-3-4(2-8)7-5(6)9-3/h8H,2H2,1H3,(H2,6,7). The summed E-state index contributed by atoms with van der Waals surface area (Å²) < 4.78 is 4.81. The van der Waals surface area contributed by atoms with Crippen molar-refractivity contribution in [2.24, 2.45) is 0 Å². The summed E-state index contributed by atoms with van der Waals surface area (Å²) in [5.41, 5.74) is 5.67. The summed E-state index contributed by atoms with van der Waals surface area (Å²) in [7, 11) is 0. The molecule has 1 rings (SSSR count). The van der Waals surface area contributed by atoms with Crippen LogP contribution in [0.2, 0.25) is 0 Å². The van der Waals surface area contributed by atoms with Gasteiger partial charge in [0.2, 0.25) is 0 Å². The first-order valence-corrected chi connectivity index (χ1v) is 2.56.